The van der Waals surface area contributed by atoms with E-state index in [-0.39, 0.29) is 13.2 Å². The molecular formula is C19H17N3O4. The third kappa shape index (κ3) is 6.37. The number of ether oxygens (including phenoxy) is 1. The second-order valence-electron chi connectivity index (χ2n) is 5.00. The normalized spacial score (nSPS) is 9.85. The molecule has 3 N–H and O–H groups in total. The Hall–Kier alpha value is -3.79. The van der Waals surface area contributed by atoms with Crippen LogP contribution in [0.2, 0.25) is 0 Å². The first-order valence-electron chi connectivity index (χ1n) is 7.70. The van der Waals surface area contributed by atoms with Crippen molar-refractivity contribution in [2.24, 2.45) is 5.16 Å². The molecule has 26 heavy (non-hydrogen) atoms. The molecule has 0 atom stereocenters. The maximum absolute atomic E-state index is 11.6. The minimum atomic E-state index is -0.579. The minimum Gasteiger partial charge on any atom is -0.445 e. The fourth-order valence-electron chi connectivity index (χ4n) is 1.95. The van der Waals surface area contributed by atoms with E-state index in [4.69, 9.17) is 9.94 Å². The lowest BCUT2D eigenvalue weighted by atomic mass is 10.2. The fourth-order valence-corrected chi connectivity index (χ4v) is 1.95. The summed E-state index contributed by atoms with van der Waals surface area (Å²) in [7, 11) is 0. The maximum atomic E-state index is 11.6. The van der Waals surface area contributed by atoms with E-state index < -0.39 is 12.0 Å². The summed E-state index contributed by atoms with van der Waals surface area (Å²) in [4.78, 5) is 23.0. The van der Waals surface area contributed by atoms with Crippen molar-refractivity contribution >= 4 is 23.9 Å². The molecule has 2 amide bonds. The molecule has 7 nitrogen and oxygen atoms in total. The quantitative estimate of drug-likeness (QED) is 0.333. The van der Waals surface area contributed by atoms with Crippen LogP contribution in [0.25, 0.3) is 0 Å². The highest BCUT2D eigenvalue weighted by Gasteiger charge is 2.03. The van der Waals surface area contributed by atoms with Gasteiger partial charge in [0.1, 0.15) is 12.8 Å². The molecule has 132 valence electrons. The van der Waals surface area contributed by atoms with Gasteiger partial charge in [0.05, 0.1) is 12.2 Å². The van der Waals surface area contributed by atoms with Crippen molar-refractivity contribution in [2.75, 3.05) is 11.9 Å². The zero-order chi connectivity index (χ0) is 18.6. The smallest absolute Gasteiger partial charge is 0.408 e. The highest BCUT2D eigenvalue weighted by molar-refractivity contribution is 6.31. The van der Waals surface area contributed by atoms with Gasteiger partial charge in [0, 0.05) is 5.56 Å². The summed E-state index contributed by atoms with van der Waals surface area (Å²) >= 11 is 0. The molecule has 2 aromatic carbocycles. The van der Waals surface area contributed by atoms with E-state index in [2.05, 4.69) is 27.6 Å². The van der Waals surface area contributed by atoms with Gasteiger partial charge in [-0.3, -0.25) is 4.79 Å². The molecule has 0 unspecified atom stereocenters. The molecular weight excluding hydrogens is 334 g/mol. The highest BCUT2D eigenvalue weighted by Crippen LogP contribution is 2.13. The number of nitrogens with zero attached hydrogens (tertiary/aromatic N) is 1. The summed E-state index contributed by atoms with van der Waals surface area (Å²) in [5, 5.41) is 16.1. The monoisotopic (exact) mass is 351 g/mol. The van der Waals surface area contributed by atoms with Gasteiger partial charge >= 0.3 is 6.09 Å². The number of nitrogens with one attached hydrogen (secondary N) is 2. The molecule has 0 aliphatic rings. The van der Waals surface area contributed by atoms with Crippen LogP contribution >= 0.6 is 0 Å². The first-order valence-corrected chi connectivity index (χ1v) is 7.70. The van der Waals surface area contributed by atoms with Gasteiger partial charge in [0.25, 0.3) is 5.91 Å². The van der Waals surface area contributed by atoms with Gasteiger partial charge in [-0.1, -0.05) is 59.5 Å². The Morgan fingerprint density at radius 2 is 1.85 bits per heavy atom. The van der Waals surface area contributed by atoms with Crippen molar-refractivity contribution in [1.29, 1.82) is 0 Å². The Morgan fingerprint density at radius 3 is 2.62 bits per heavy atom. The van der Waals surface area contributed by atoms with E-state index in [1.807, 2.05) is 30.3 Å². The Kier molecular flexibility index (Phi) is 7.24. The Balaban J connectivity index is 1.84. The lowest BCUT2D eigenvalue weighted by Crippen LogP contribution is -2.24. The Morgan fingerprint density at radius 1 is 1.12 bits per heavy atom. The van der Waals surface area contributed by atoms with E-state index in [9.17, 15) is 9.59 Å². The van der Waals surface area contributed by atoms with Crippen LogP contribution < -0.4 is 10.6 Å². The third-order valence-corrected chi connectivity index (χ3v) is 3.12. The molecule has 0 fully saturated rings. The van der Waals surface area contributed by atoms with Crippen molar-refractivity contribution in [2.45, 2.75) is 6.61 Å². The first kappa shape index (κ1) is 18.5. The number of oxime groups is 1. The Bertz CT molecular complexity index is 839. The van der Waals surface area contributed by atoms with Gasteiger partial charge < -0.3 is 20.6 Å². The van der Waals surface area contributed by atoms with Crippen LogP contribution in [0.5, 0.6) is 0 Å². The van der Waals surface area contributed by atoms with Crippen LogP contribution in [0.15, 0.2) is 59.8 Å². The summed E-state index contributed by atoms with van der Waals surface area (Å²) in [6.07, 6.45) is 0.179. The van der Waals surface area contributed by atoms with E-state index in [1.165, 1.54) is 0 Å². The molecule has 0 radical (unpaired) electrons. The highest BCUT2D eigenvalue weighted by atomic mass is 16.5. The van der Waals surface area contributed by atoms with Crippen molar-refractivity contribution in [3.8, 4) is 11.8 Å². The van der Waals surface area contributed by atoms with Gasteiger partial charge in [-0.25, -0.2) is 4.79 Å². The summed E-state index contributed by atoms with van der Waals surface area (Å²) in [5.41, 5.74) is 1.92. The zero-order valence-corrected chi connectivity index (χ0v) is 13.8. The Labute approximate surface area is 150 Å². The summed E-state index contributed by atoms with van der Waals surface area (Å²) in [6, 6.07) is 16.2. The molecule has 0 aliphatic heterocycles. The number of anilines is 1. The molecule has 0 saturated heterocycles. The van der Waals surface area contributed by atoms with E-state index >= 15 is 0 Å². The molecule has 0 spiro atoms. The van der Waals surface area contributed by atoms with Gasteiger partial charge in [0.2, 0.25) is 0 Å². The van der Waals surface area contributed by atoms with Crippen molar-refractivity contribution in [1.82, 2.24) is 5.32 Å². The van der Waals surface area contributed by atoms with Crippen LogP contribution in [0.4, 0.5) is 10.5 Å². The van der Waals surface area contributed by atoms with Gasteiger partial charge in [-0.2, -0.15) is 0 Å². The van der Waals surface area contributed by atoms with Crippen LogP contribution in [-0.4, -0.2) is 30.0 Å². The van der Waals surface area contributed by atoms with Gasteiger partial charge in [-0.05, 0) is 17.7 Å². The predicted octanol–water partition coefficient (Wildman–Crippen LogP) is 2.36. The summed E-state index contributed by atoms with van der Waals surface area (Å²) < 4.78 is 5.07. The number of para-hydroxylation sites is 1. The van der Waals surface area contributed by atoms with Gasteiger partial charge in [-0.15, -0.1) is 0 Å². The van der Waals surface area contributed by atoms with Gasteiger partial charge in [0.15, 0.2) is 0 Å². The van der Waals surface area contributed by atoms with Crippen molar-refractivity contribution in [3.63, 3.8) is 0 Å². The van der Waals surface area contributed by atoms with E-state index in [0.717, 1.165) is 11.8 Å². The standard InChI is InChI=1S/C19H17N3O4/c23-18(13-21-25)22-17-11-5-4-9-16(17)10-6-12-20-19(24)26-14-15-7-2-1-3-8-15/h1-5,7-9,11,13,25H,12,14H2,(H,20,24)(H,22,23). The lowest BCUT2D eigenvalue weighted by Gasteiger charge is -2.05. The largest absolute Gasteiger partial charge is 0.445 e. The lowest BCUT2D eigenvalue weighted by molar-refractivity contribution is -0.110. The number of alkyl carbamates (subject to hydrolysis) is 1. The molecule has 2 aromatic rings. The molecule has 0 bridgehead atoms. The second-order valence-corrected chi connectivity index (χ2v) is 5.00. The average molecular weight is 351 g/mol. The molecule has 0 heterocycles. The van der Waals surface area contributed by atoms with Crippen LogP contribution in [0.1, 0.15) is 11.1 Å². The van der Waals surface area contributed by atoms with Crippen molar-refractivity contribution < 1.29 is 19.5 Å². The number of rotatable bonds is 5. The van der Waals surface area contributed by atoms with E-state index in [0.29, 0.717) is 11.3 Å². The summed E-state index contributed by atoms with van der Waals surface area (Å²) in [5.74, 6) is 5.05. The number of hydrogen-bond acceptors (Lipinski definition) is 5. The molecule has 2 rings (SSSR count). The third-order valence-electron chi connectivity index (χ3n) is 3.12. The van der Waals surface area contributed by atoms with Crippen LogP contribution in [0.3, 0.4) is 0 Å². The topological polar surface area (TPSA) is 100 Å². The number of hydrogen-bond donors (Lipinski definition) is 3. The van der Waals surface area contributed by atoms with Crippen LogP contribution in [-0.2, 0) is 16.1 Å². The SMILES string of the molecule is O=C(C=NO)Nc1ccccc1C#CCNC(=O)OCc1ccccc1. The fraction of sp³-hybridized carbons (Fsp3) is 0.105. The molecule has 0 saturated carbocycles. The first-order chi connectivity index (χ1) is 12.7. The molecule has 0 aromatic heterocycles. The average Bonchev–Trinajstić information content (AvgIpc) is 2.66. The number of benzene rings is 2. The van der Waals surface area contributed by atoms with Crippen molar-refractivity contribution in [3.05, 3.63) is 65.7 Å². The molecule has 7 heteroatoms. The maximum Gasteiger partial charge on any atom is 0.408 e. The number of amides is 2. The van der Waals surface area contributed by atoms with E-state index in [1.54, 1.807) is 24.3 Å². The zero-order valence-electron chi connectivity index (χ0n) is 13.8. The predicted molar refractivity (Wildman–Crippen MR) is 96.9 cm³/mol. The number of carbonyl (C=O) groups excluding carboxylic acids is 2. The second kappa shape index (κ2) is 10.2. The molecule has 0 aliphatic carbocycles. The minimum absolute atomic E-state index is 0.0913. The van der Waals surface area contributed by atoms with Crippen LogP contribution in [0, 0.1) is 11.8 Å². The number of carbonyl (C=O) groups is 2. The summed E-state index contributed by atoms with van der Waals surface area (Å²) in [6.45, 7) is 0.273.